The van der Waals surface area contributed by atoms with Gasteiger partial charge in [-0.1, -0.05) is 73.5 Å². The van der Waals surface area contributed by atoms with Crippen molar-refractivity contribution >= 4 is 0 Å². The maximum Gasteiger partial charge on any atom is 0.239 e. The van der Waals surface area contributed by atoms with Crippen LogP contribution in [0.5, 0.6) is 0 Å². The first-order valence-electron chi connectivity index (χ1n) is 12.3. The van der Waals surface area contributed by atoms with Crippen LogP contribution in [0.15, 0.2) is 72.9 Å². The predicted molar refractivity (Wildman–Crippen MR) is 135 cm³/mol. The second-order valence-corrected chi connectivity index (χ2v) is 10.1. The van der Waals surface area contributed by atoms with Crippen LogP contribution >= 0.6 is 0 Å². The van der Waals surface area contributed by atoms with Gasteiger partial charge in [-0.3, -0.25) is 0 Å². The molecule has 2 nitrogen and oxygen atoms in total. The van der Waals surface area contributed by atoms with Gasteiger partial charge in [-0.15, -0.1) is 0 Å². The summed E-state index contributed by atoms with van der Waals surface area (Å²) in [4.78, 5) is 5.20. The van der Waals surface area contributed by atoms with Gasteiger partial charge in [0.05, 0.1) is 11.0 Å². The van der Waals surface area contributed by atoms with Gasteiger partial charge in [-0.2, -0.15) is 4.57 Å². The molecular formula is C31H30FN2+. The molecule has 4 aromatic rings. The number of hydrogen-bond donors (Lipinski definition) is 0. The summed E-state index contributed by atoms with van der Waals surface area (Å²) in [6.07, 6.45) is 5.46. The van der Waals surface area contributed by atoms with Crippen LogP contribution in [-0.4, -0.2) is 4.98 Å². The van der Waals surface area contributed by atoms with Gasteiger partial charge in [0.1, 0.15) is 17.2 Å². The van der Waals surface area contributed by atoms with E-state index in [9.17, 15) is 4.39 Å². The van der Waals surface area contributed by atoms with E-state index in [0.717, 1.165) is 41.8 Å². The molecule has 0 amide bonds. The van der Waals surface area contributed by atoms with E-state index in [2.05, 4.69) is 80.9 Å². The molecule has 34 heavy (non-hydrogen) atoms. The maximum absolute atomic E-state index is 14.2. The molecule has 3 heteroatoms. The van der Waals surface area contributed by atoms with E-state index >= 15 is 0 Å². The summed E-state index contributed by atoms with van der Waals surface area (Å²) < 4.78 is 16.7. The zero-order valence-electron chi connectivity index (χ0n) is 20.3. The van der Waals surface area contributed by atoms with Gasteiger partial charge in [0.25, 0.3) is 0 Å². The molecule has 2 heterocycles. The molecule has 2 unspecified atom stereocenters. The number of nitrogens with zero attached hydrogens (tertiary/aromatic N) is 2. The monoisotopic (exact) mass is 449 g/mol. The van der Waals surface area contributed by atoms with Crippen LogP contribution < -0.4 is 4.57 Å². The summed E-state index contributed by atoms with van der Waals surface area (Å²) in [5.41, 5.74) is 10.3. The first kappa shape index (κ1) is 21.2. The Morgan fingerprint density at radius 1 is 0.882 bits per heavy atom. The van der Waals surface area contributed by atoms with Gasteiger partial charge in [0, 0.05) is 24.0 Å². The van der Waals surface area contributed by atoms with E-state index in [1.807, 2.05) is 6.07 Å². The van der Waals surface area contributed by atoms with Crippen molar-refractivity contribution in [2.45, 2.75) is 57.9 Å². The van der Waals surface area contributed by atoms with Crippen LogP contribution in [0.1, 0.15) is 49.8 Å². The Bertz CT molecular complexity index is 1440. The van der Waals surface area contributed by atoms with Gasteiger partial charge < -0.3 is 0 Å². The van der Waals surface area contributed by atoms with Gasteiger partial charge in [0.2, 0.25) is 5.69 Å². The lowest BCUT2D eigenvalue weighted by molar-refractivity contribution is -0.735. The summed E-state index contributed by atoms with van der Waals surface area (Å²) >= 11 is 0. The Hall–Kier alpha value is -3.33. The molecule has 0 N–H and O–H groups in total. The fourth-order valence-electron chi connectivity index (χ4n) is 6.45. The number of halogens is 1. The summed E-state index contributed by atoms with van der Waals surface area (Å²) in [5.74, 6) is -0.237. The first-order chi connectivity index (χ1) is 16.4. The summed E-state index contributed by atoms with van der Waals surface area (Å²) in [6.45, 7) is 8.93. The summed E-state index contributed by atoms with van der Waals surface area (Å²) in [7, 11) is 0. The number of hydrogen-bond acceptors (Lipinski definition) is 1. The van der Waals surface area contributed by atoms with Gasteiger partial charge in [-0.25, -0.2) is 9.37 Å². The smallest absolute Gasteiger partial charge is 0.234 e. The largest absolute Gasteiger partial charge is 0.239 e. The van der Waals surface area contributed by atoms with Gasteiger partial charge in [-0.05, 0) is 44.0 Å². The third-order valence-corrected chi connectivity index (χ3v) is 8.35. The summed E-state index contributed by atoms with van der Waals surface area (Å²) in [5, 5.41) is 0. The molecule has 2 atom stereocenters. The Morgan fingerprint density at radius 2 is 1.65 bits per heavy atom. The fraction of sp³-hybridized carbons (Fsp3) is 0.290. The zero-order valence-corrected chi connectivity index (χ0v) is 20.3. The van der Waals surface area contributed by atoms with E-state index in [4.69, 9.17) is 4.98 Å². The van der Waals surface area contributed by atoms with E-state index in [0.29, 0.717) is 0 Å². The third kappa shape index (κ3) is 2.79. The lowest BCUT2D eigenvalue weighted by atomic mass is 9.78. The third-order valence-electron chi connectivity index (χ3n) is 8.35. The highest BCUT2D eigenvalue weighted by Crippen LogP contribution is 2.68. The van der Waals surface area contributed by atoms with Crippen molar-refractivity contribution in [3.8, 4) is 33.8 Å². The second kappa shape index (κ2) is 7.33. The molecule has 1 aromatic heterocycles. The molecule has 1 saturated carbocycles. The SMILES string of the molecule is CCC12CC1(CC)[n+]1cc(-c3cccc(F)c3)nc(-c3ccc(C)cc3)c1-c1ccc(C)cc12. The molecule has 1 aliphatic carbocycles. The van der Waals surface area contributed by atoms with E-state index in [1.165, 1.54) is 34.0 Å². The van der Waals surface area contributed by atoms with Crippen LogP contribution in [0.25, 0.3) is 33.8 Å². The van der Waals surface area contributed by atoms with E-state index in [1.54, 1.807) is 12.1 Å². The Morgan fingerprint density at radius 3 is 2.35 bits per heavy atom. The van der Waals surface area contributed by atoms with E-state index < -0.39 is 0 Å². The molecule has 0 saturated heterocycles. The molecule has 6 rings (SSSR count). The molecule has 0 spiro atoms. The van der Waals surface area contributed by atoms with Crippen molar-refractivity contribution < 1.29 is 8.96 Å². The highest BCUT2D eigenvalue weighted by molar-refractivity contribution is 5.82. The molecule has 1 aliphatic heterocycles. The highest BCUT2D eigenvalue weighted by atomic mass is 19.1. The van der Waals surface area contributed by atoms with Crippen molar-refractivity contribution in [3.63, 3.8) is 0 Å². The zero-order chi connectivity index (χ0) is 23.7. The topological polar surface area (TPSA) is 16.8 Å². The molecule has 3 aromatic carbocycles. The van der Waals surface area contributed by atoms with Crippen molar-refractivity contribution in [3.05, 3.63) is 95.4 Å². The minimum atomic E-state index is -0.237. The normalized spacial score (nSPS) is 22.0. The Kier molecular flexibility index (Phi) is 4.58. The lowest BCUT2D eigenvalue weighted by Crippen LogP contribution is -2.55. The van der Waals surface area contributed by atoms with Crippen LogP contribution in [0.4, 0.5) is 4.39 Å². The van der Waals surface area contributed by atoms with Crippen LogP contribution in [0.3, 0.4) is 0 Å². The molecular weight excluding hydrogens is 419 g/mol. The number of benzene rings is 3. The second-order valence-electron chi connectivity index (χ2n) is 10.1. The first-order valence-corrected chi connectivity index (χ1v) is 12.3. The van der Waals surface area contributed by atoms with Crippen molar-refractivity contribution in [2.75, 3.05) is 0 Å². The Labute approximate surface area is 201 Å². The van der Waals surface area contributed by atoms with Gasteiger partial charge in [0.15, 0.2) is 11.7 Å². The minimum absolute atomic E-state index is 0.0162. The van der Waals surface area contributed by atoms with Crippen LogP contribution in [0, 0.1) is 19.7 Å². The van der Waals surface area contributed by atoms with Gasteiger partial charge >= 0.3 is 0 Å². The van der Waals surface area contributed by atoms with Crippen molar-refractivity contribution in [1.29, 1.82) is 0 Å². The van der Waals surface area contributed by atoms with Crippen molar-refractivity contribution in [2.24, 2.45) is 0 Å². The lowest BCUT2D eigenvalue weighted by Gasteiger charge is -2.30. The van der Waals surface area contributed by atoms with E-state index in [-0.39, 0.29) is 16.8 Å². The molecule has 0 radical (unpaired) electrons. The maximum atomic E-state index is 14.2. The number of aryl methyl sites for hydroxylation is 2. The van der Waals surface area contributed by atoms with Crippen LogP contribution in [0.2, 0.25) is 0 Å². The molecule has 1 fully saturated rings. The average Bonchev–Trinajstić information content (AvgIpc) is 3.56. The average molecular weight is 450 g/mol. The predicted octanol–water partition coefficient (Wildman–Crippen LogP) is 7.30. The standard InChI is InChI=1S/C31H30FN2/c1-5-30-19-31(30,6-2)34-18-27(23-8-7-9-24(32)17-23)33-28(22-13-10-20(3)11-14-22)29(34)25-15-12-21(4)16-26(25)30/h7-18H,5-6,19H2,1-4H3/q+1. The molecule has 0 bridgehead atoms. The van der Waals surface area contributed by atoms with Crippen LogP contribution in [-0.2, 0) is 11.0 Å². The fourth-order valence-corrected chi connectivity index (χ4v) is 6.45. The minimum Gasteiger partial charge on any atom is -0.234 e. The molecule has 2 aliphatic rings. The number of rotatable bonds is 4. The highest BCUT2D eigenvalue weighted by Gasteiger charge is 2.77. The quantitative estimate of drug-likeness (QED) is 0.299. The number of aromatic nitrogens is 2. The number of fused-ring (bicyclic) bond motifs is 6. The Balaban J connectivity index is 1.73. The van der Waals surface area contributed by atoms with Crippen molar-refractivity contribution in [1.82, 2.24) is 4.98 Å². The summed E-state index contributed by atoms with van der Waals surface area (Å²) in [6, 6.07) is 22.3. The molecule has 170 valence electrons.